The van der Waals surface area contributed by atoms with Crippen LogP contribution in [0.2, 0.25) is 0 Å². The van der Waals surface area contributed by atoms with Crippen molar-refractivity contribution in [2.45, 2.75) is 13.1 Å². The highest BCUT2D eigenvalue weighted by Crippen LogP contribution is 2.27. The topological polar surface area (TPSA) is 73.4 Å². The number of nitrogens with two attached hydrogens (primary N) is 1. The Balaban J connectivity index is 1.90. The summed E-state index contributed by atoms with van der Waals surface area (Å²) in [5.74, 6) is 0.444. The number of carbonyl (C=O) groups is 1. The van der Waals surface area contributed by atoms with Crippen LogP contribution >= 0.6 is 0 Å². The minimum atomic E-state index is -0.803. The summed E-state index contributed by atoms with van der Waals surface area (Å²) in [6, 6.07) is 7.28. The maximum Gasteiger partial charge on any atom is 0.409 e. The first kappa shape index (κ1) is 12.7. The number of ether oxygens (including phenoxy) is 1. The SMILES string of the molecule is CN1CCn2ncc(-c3ccc(OC(N)=O)cc3)c2C1. The molecule has 1 amide bonds. The van der Waals surface area contributed by atoms with Crippen LogP contribution in [0.15, 0.2) is 30.5 Å². The Labute approximate surface area is 116 Å². The van der Waals surface area contributed by atoms with Crippen molar-refractivity contribution in [1.82, 2.24) is 14.7 Å². The summed E-state index contributed by atoms with van der Waals surface area (Å²) in [5, 5.41) is 4.42. The molecule has 1 aliphatic heterocycles. The fourth-order valence-electron chi connectivity index (χ4n) is 2.43. The lowest BCUT2D eigenvalue weighted by molar-refractivity contribution is 0.211. The Morgan fingerprint density at radius 1 is 1.30 bits per heavy atom. The van der Waals surface area contributed by atoms with Crippen molar-refractivity contribution in [3.05, 3.63) is 36.2 Å². The molecule has 6 heteroatoms. The fourth-order valence-corrected chi connectivity index (χ4v) is 2.43. The number of benzene rings is 1. The highest BCUT2D eigenvalue weighted by atomic mass is 16.5. The normalized spacial score (nSPS) is 14.8. The van der Waals surface area contributed by atoms with E-state index in [1.54, 1.807) is 12.1 Å². The molecule has 2 aromatic rings. The van der Waals surface area contributed by atoms with Gasteiger partial charge in [0.05, 0.1) is 18.4 Å². The van der Waals surface area contributed by atoms with Crippen LogP contribution in [0, 0.1) is 0 Å². The van der Waals surface area contributed by atoms with Gasteiger partial charge in [-0.15, -0.1) is 0 Å². The third-order valence-corrected chi connectivity index (χ3v) is 3.45. The zero-order valence-corrected chi connectivity index (χ0v) is 11.2. The number of hydrogen-bond donors (Lipinski definition) is 1. The summed E-state index contributed by atoms with van der Waals surface area (Å²) in [4.78, 5) is 13.0. The Hall–Kier alpha value is -2.34. The van der Waals surface area contributed by atoms with E-state index in [4.69, 9.17) is 10.5 Å². The highest BCUT2D eigenvalue weighted by Gasteiger charge is 2.18. The summed E-state index contributed by atoms with van der Waals surface area (Å²) in [7, 11) is 2.10. The lowest BCUT2D eigenvalue weighted by atomic mass is 10.1. The van der Waals surface area contributed by atoms with Crippen molar-refractivity contribution in [2.24, 2.45) is 5.73 Å². The molecule has 0 bridgehead atoms. The van der Waals surface area contributed by atoms with Crippen molar-refractivity contribution >= 4 is 6.09 Å². The van der Waals surface area contributed by atoms with Gasteiger partial charge in [0.15, 0.2) is 0 Å². The van der Waals surface area contributed by atoms with E-state index in [9.17, 15) is 4.79 Å². The second-order valence-electron chi connectivity index (χ2n) is 4.91. The minimum absolute atomic E-state index is 0.444. The Morgan fingerprint density at radius 2 is 2.05 bits per heavy atom. The smallest absolute Gasteiger partial charge is 0.409 e. The van der Waals surface area contributed by atoms with Crippen molar-refractivity contribution in [3.8, 4) is 16.9 Å². The molecule has 1 aromatic heterocycles. The molecule has 0 atom stereocenters. The number of fused-ring (bicyclic) bond motifs is 1. The van der Waals surface area contributed by atoms with Gasteiger partial charge in [-0.1, -0.05) is 12.1 Å². The van der Waals surface area contributed by atoms with Crippen LogP contribution in [0.1, 0.15) is 5.69 Å². The predicted molar refractivity (Wildman–Crippen MR) is 74.2 cm³/mol. The Bertz CT molecular complexity index is 633. The van der Waals surface area contributed by atoms with E-state index in [0.717, 1.165) is 30.8 Å². The summed E-state index contributed by atoms with van der Waals surface area (Å²) in [5.41, 5.74) is 8.36. The number of likely N-dealkylation sites (N-methyl/N-ethyl adjacent to an activating group) is 1. The largest absolute Gasteiger partial charge is 0.411 e. The summed E-state index contributed by atoms with van der Waals surface area (Å²) in [6.07, 6.45) is 1.08. The quantitative estimate of drug-likeness (QED) is 0.898. The number of primary amides is 1. The van der Waals surface area contributed by atoms with E-state index in [-0.39, 0.29) is 0 Å². The molecule has 2 N–H and O–H groups in total. The molecule has 0 radical (unpaired) electrons. The summed E-state index contributed by atoms with van der Waals surface area (Å²) < 4.78 is 6.87. The Kier molecular flexibility index (Phi) is 3.15. The molecule has 3 rings (SSSR count). The second-order valence-corrected chi connectivity index (χ2v) is 4.91. The van der Waals surface area contributed by atoms with E-state index >= 15 is 0 Å². The number of rotatable bonds is 2. The number of nitrogens with zero attached hydrogens (tertiary/aromatic N) is 3. The van der Waals surface area contributed by atoms with E-state index in [1.165, 1.54) is 5.69 Å². The van der Waals surface area contributed by atoms with Gasteiger partial charge in [-0.05, 0) is 24.7 Å². The molecule has 20 heavy (non-hydrogen) atoms. The minimum Gasteiger partial charge on any atom is -0.411 e. The van der Waals surface area contributed by atoms with E-state index in [0.29, 0.717) is 5.75 Å². The molecule has 0 saturated heterocycles. The third kappa shape index (κ3) is 2.37. The molecule has 1 aromatic carbocycles. The van der Waals surface area contributed by atoms with Gasteiger partial charge >= 0.3 is 6.09 Å². The lowest BCUT2D eigenvalue weighted by Crippen LogP contribution is -2.30. The van der Waals surface area contributed by atoms with Gasteiger partial charge in [0.2, 0.25) is 0 Å². The van der Waals surface area contributed by atoms with Crippen molar-refractivity contribution < 1.29 is 9.53 Å². The van der Waals surface area contributed by atoms with Gasteiger partial charge in [-0.25, -0.2) is 4.79 Å². The molecular weight excluding hydrogens is 256 g/mol. The first-order chi connectivity index (χ1) is 9.63. The van der Waals surface area contributed by atoms with Gasteiger partial charge in [-0.3, -0.25) is 9.58 Å². The van der Waals surface area contributed by atoms with Gasteiger partial charge in [0, 0.05) is 18.7 Å². The van der Waals surface area contributed by atoms with Crippen LogP contribution in [-0.2, 0) is 13.1 Å². The summed E-state index contributed by atoms with van der Waals surface area (Å²) >= 11 is 0. The number of carbonyl (C=O) groups excluding carboxylic acids is 1. The van der Waals surface area contributed by atoms with Gasteiger partial charge in [-0.2, -0.15) is 5.10 Å². The average molecular weight is 272 g/mol. The number of aromatic nitrogens is 2. The van der Waals surface area contributed by atoms with Crippen LogP contribution in [0.5, 0.6) is 5.75 Å². The molecule has 2 heterocycles. The zero-order valence-electron chi connectivity index (χ0n) is 11.2. The predicted octanol–water partition coefficient (Wildman–Crippen LogP) is 1.45. The second kappa shape index (κ2) is 4.97. The molecule has 104 valence electrons. The van der Waals surface area contributed by atoms with E-state index < -0.39 is 6.09 Å². The molecule has 1 aliphatic rings. The van der Waals surface area contributed by atoms with Gasteiger partial charge < -0.3 is 10.5 Å². The van der Waals surface area contributed by atoms with Crippen molar-refractivity contribution in [1.29, 1.82) is 0 Å². The molecule has 0 saturated carbocycles. The third-order valence-electron chi connectivity index (χ3n) is 3.45. The van der Waals surface area contributed by atoms with Gasteiger partial charge in [0.25, 0.3) is 0 Å². The monoisotopic (exact) mass is 272 g/mol. The van der Waals surface area contributed by atoms with Crippen LogP contribution < -0.4 is 10.5 Å². The first-order valence-electron chi connectivity index (χ1n) is 6.44. The van der Waals surface area contributed by atoms with Crippen molar-refractivity contribution in [3.63, 3.8) is 0 Å². The Morgan fingerprint density at radius 3 is 2.75 bits per heavy atom. The summed E-state index contributed by atoms with van der Waals surface area (Å²) in [6.45, 7) is 2.81. The van der Waals surface area contributed by atoms with E-state index in [2.05, 4.69) is 17.0 Å². The number of amides is 1. The molecule has 0 unspecified atom stereocenters. The van der Waals surface area contributed by atoms with Gasteiger partial charge in [0.1, 0.15) is 5.75 Å². The molecule has 0 spiro atoms. The number of hydrogen-bond acceptors (Lipinski definition) is 4. The van der Waals surface area contributed by atoms with Crippen LogP contribution in [0.4, 0.5) is 4.79 Å². The zero-order chi connectivity index (χ0) is 14.1. The molecule has 0 aliphatic carbocycles. The van der Waals surface area contributed by atoms with E-state index in [1.807, 2.05) is 23.0 Å². The van der Waals surface area contributed by atoms with Crippen LogP contribution in [0.3, 0.4) is 0 Å². The first-order valence-corrected chi connectivity index (χ1v) is 6.44. The fraction of sp³-hybridized carbons (Fsp3) is 0.286. The van der Waals surface area contributed by atoms with Crippen LogP contribution in [-0.4, -0.2) is 34.4 Å². The van der Waals surface area contributed by atoms with Crippen LogP contribution in [0.25, 0.3) is 11.1 Å². The molecule has 6 nitrogen and oxygen atoms in total. The molecular formula is C14H16N4O2. The maximum absolute atomic E-state index is 10.7. The van der Waals surface area contributed by atoms with Crippen molar-refractivity contribution in [2.75, 3.05) is 13.6 Å². The molecule has 0 fully saturated rings. The highest BCUT2D eigenvalue weighted by molar-refractivity contribution is 5.70. The standard InChI is InChI=1S/C14H16N4O2/c1-17-6-7-18-13(9-17)12(8-16-18)10-2-4-11(5-3-10)20-14(15)19/h2-5,8H,6-7,9H2,1H3,(H2,15,19). The maximum atomic E-state index is 10.7. The lowest BCUT2D eigenvalue weighted by Gasteiger charge is -2.24. The average Bonchev–Trinajstić information content (AvgIpc) is 2.82.